The molecule has 0 amide bonds. The summed E-state index contributed by atoms with van der Waals surface area (Å²) in [6, 6.07) is 0. The summed E-state index contributed by atoms with van der Waals surface area (Å²) in [4.78, 5) is 0. The molecule has 1 nitrogen and oxygen atoms in total. The number of fused-ring (bicyclic) bond motifs is 1. The molecule has 4 unspecified atom stereocenters. The SMILES string of the molecule is CCC1CCC2C(C1)CC(C[C@@](CC)(C[C@@H](O)CC)C1CCC(C3CCCC3)CC1)[C@H]2C. The molecule has 4 aliphatic carbocycles. The van der Waals surface area contributed by atoms with Crippen molar-refractivity contribution in [1.82, 2.24) is 0 Å². The largest absolute Gasteiger partial charge is 0.393 e. The van der Waals surface area contributed by atoms with Crippen LogP contribution in [0.1, 0.15) is 137 Å². The molecule has 0 aliphatic heterocycles. The summed E-state index contributed by atoms with van der Waals surface area (Å²) in [5.74, 6) is 7.80. The molecule has 0 spiro atoms. The van der Waals surface area contributed by atoms with Gasteiger partial charge in [-0.15, -0.1) is 0 Å². The number of rotatable bonds is 9. The number of hydrogen-bond acceptors (Lipinski definition) is 1. The lowest BCUT2D eigenvalue weighted by molar-refractivity contribution is -0.00255. The fourth-order valence-electron chi connectivity index (χ4n) is 9.70. The molecule has 7 atom stereocenters. The number of hydrogen-bond donors (Lipinski definition) is 1. The van der Waals surface area contributed by atoms with E-state index in [9.17, 15) is 5.11 Å². The van der Waals surface area contributed by atoms with Crippen molar-refractivity contribution in [2.24, 2.45) is 52.8 Å². The Morgan fingerprint density at radius 3 is 2.12 bits per heavy atom. The van der Waals surface area contributed by atoms with Gasteiger partial charge >= 0.3 is 0 Å². The summed E-state index contributed by atoms with van der Waals surface area (Å²) in [7, 11) is 0. The second-order valence-corrected chi connectivity index (χ2v) is 13.2. The Labute approximate surface area is 200 Å². The highest BCUT2D eigenvalue weighted by atomic mass is 16.3. The van der Waals surface area contributed by atoms with Gasteiger partial charge in [0.25, 0.3) is 0 Å². The Hall–Kier alpha value is -0.0400. The van der Waals surface area contributed by atoms with Gasteiger partial charge in [0.2, 0.25) is 0 Å². The van der Waals surface area contributed by atoms with Crippen molar-refractivity contribution in [1.29, 1.82) is 0 Å². The molecule has 1 N–H and O–H groups in total. The lowest BCUT2D eigenvalue weighted by atomic mass is 9.58. The maximum atomic E-state index is 10.9. The van der Waals surface area contributed by atoms with Crippen LogP contribution in [0, 0.1) is 52.8 Å². The molecule has 0 saturated heterocycles. The Balaban J connectivity index is 1.45. The highest BCUT2D eigenvalue weighted by Gasteiger charge is 2.48. The molecule has 0 aromatic heterocycles. The van der Waals surface area contributed by atoms with E-state index in [1.54, 1.807) is 0 Å². The van der Waals surface area contributed by atoms with E-state index in [0.29, 0.717) is 5.41 Å². The van der Waals surface area contributed by atoms with E-state index in [1.807, 2.05) is 0 Å². The maximum absolute atomic E-state index is 10.9. The van der Waals surface area contributed by atoms with Crippen molar-refractivity contribution < 1.29 is 5.11 Å². The number of aliphatic hydroxyl groups is 1. The molecule has 0 bridgehead atoms. The smallest absolute Gasteiger partial charge is 0.0543 e. The van der Waals surface area contributed by atoms with E-state index < -0.39 is 0 Å². The molecule has 0 aromatic carbocycles. The molecule has 0 aromatic rings. The van der Waals surface area contributed by atoms with Crippen LogP contribution in [-0.2, 0) is 0 Å². The van der Waals surface area contributed by atoms with Crippen molar-refractivity contribution in [3.63, 3.8) is 0 Å². The van der Waals surface area contributed by atoms with Crippen molar-refractivity contribution >= 4 is 0 Å². The van der Waals surface area contributed by atoms with Crippen LogP contribution in [0.2, 0.25) is 0 Å². The third kappa shape index (κ3) is 5.28. The Bertz CT molecular complexity index is 557. The van der Waals surface area contributed by atoms with Gasteiger partial charge in [-0.25, -0.2) is 0 Å². The minimum absolute atomic E-state index is 0.0917. The summed E-state index contributed by atoms with van der Waals surface area (Å²) in [6.07, 6.45) is 24.0. The molecule has 186 valence electrons. The van der Waals surface area contributed by atoms with Gasteiger partial charge in [-0.3, -0.25) is 0 Å². The monoisotopic (exact) mass is 444 g/mol. The minimum atomic E-state index is -0.0917. The predicted octanol–water partition coefficient (Wildman–Crippen LogP) is 9.03. The molecule has 4 rings (SSSR count). The van der Waals surface area contributed by atoms with Crippen molar-refractivity contribution in [3.05, 3.63) is 0 Å². The molecule has 4 saturated carbocycles. The molecule has 4 aliphatic rings. The predicted molar refractivity (Wildman–Crippen MR) is 138 cm³/mol. The van der Waals surface area contributed by atoms with Gasteiger partial charge in [-0.2, -0.15) is 0 Å². The van der Waals surface area contributed by atoms with Crippen LogP contribution in [-0.4, -0.2) is 11.2 Å². The molecule has 1 heteroatoms. The first-order valence-electron chi connectivity index (χ1n) is 15.2. The van der Waals surface area contributed by atoms with Crippen LogP contribution in [0.4, 0.5) is 0 Å². The van der Waals surface area contributed by atoms with Crippen LogP contribution >= 0.6 is 0 Å². The van der Waals surface area contributed by atoms with Gasteiger partial charge in [0.05, 0.1) is 6.10 Å². The molecule has 0 heterocycles. The second kappa shape index (κ2) is 11.1. The van der Waals surface area contributed by atoms with Crippen LogP contribution < -0.4 is 0 Å². The quantitative estimate of drug-likeness (QED) is 0.376. The van der Waals surface area contributed by atoms with Crippen molar-refractivity contribution in [2.75, 3.05) is 0 Å². The van der Waals surface area contributed by atoms with E-state index in [-0.39, 0.29) is 6.10 Å². The van der Waals surface area contributed by atoms with Gasteiger partial charge in [-0.1, -0.05) is 72.6 Å². The third-order valence-corrected chi connectivity index (χ3v) is 11.9. The maximum Gasteiger partial charge on any atom is 0.0543 e. The first-order valence-corrected chi connectivity index (χ1v) is 15.2. The van der Waals surface area contributed by atoms with Gasteiger partial charge in [-0.05, 0) is 117 Å². The first kappa shape index (κ1) is 25.1. The zero-order valence-electron chi connectivity index (χ0n) is 22.2. The van der Waals surface area contributed by atoms with Crippen LogP contribution in [0.3, 0.4) is 0 Å². The zero-order chi connectivity index (χ0) is 22.7. The highest BCUT2D eigenvalue weighted by Crippen LogP contribution is 2.58. The third-order valence-electron chi connectivity index (χ3n) is 11.9. The lowest BCUT2D eigenvalue weighted by Gasteiger charge is -2.47. The van der Waals surface area contributed by atoms with Crippen LogP contribution in [0.25, 0.3) is 0 Å². The van der Waals surface area contributed by atoms with Gasteiger partial charge in [0, 0.05) is 0 Å². The van der Waals surface area contributed by atoms with Gasteiger partial charge < -0.3 is 5.11 Å². The van der Waals surface area contributed by atoms with Crippen molar-refractivity contribution in [2.45, 2.75) is 143 Å². The highest BCUT2D eigenvalue weighted by molar-refractivity contribution is 4.98. The van der Waals surface area contributed by atoms with Crippen LogP contribution in [0.15, 0.2) is 0 Å². The molecule has 32 heavy (non-hydrogen) atoms. The molecule has 4 fully saturated rings. The van der Waals surface area contributed by atoms with E-state index in [2.05, 4.69) is 27.7 Å². The van der Waals surface area contributed by atoms with Crippen molar-refractivity contribution in [3.8, 4) is 0 Å². The average Bonchev–Trinajstić information content (AvgIpc) is 3.47. The molecular weight excluding hydrogens is 388 g/mol. The first-order chi connectivity index (χ1) is 15.5. The van der Waals surface area contributed by atoms with E-state index in [1.165, 1.54) is 96.3 Å². The van der Waals surface area contributed by atoms with Gasteiger partial charge in [0.15, 0.2) is 0 Å². The normalized spacial score (nSPS) is 41.3. The van der Waals surface area contributed by atoms with E-state index in [4.69, 9.17) is 0 Å². The second-order valence-electron chi connectivity index (χ2n) is 13.2. The Morgan fingerprint density at radius 2 is 1.50 bits per heavy atom. The zero-order valence-corrected chi connectivity index (χ0v) is 22.2. The topological polar surface area (TPSA) is 20.2 Å². The fourth-order valence-corrected chi connectivity index (χ4v) is 9.70. The lowest BCUT2D eigenvalue weighted by Crippen LogP contribution is -2.39. The summed E-state index contributed by atoms with van der Waals surface area (Å²) < 4.78 is 0. The summed E-state index contributed by atoms with van der Waals surface area (Å²) in [6.45, 7) is 9.71. The summed E-state index contributed by atoms with van der Waals surface area (Å²) in [5.41, 5.74) is 0.395. The summed E-state index contributed by atoms with van der Waals surface area (Å²) >= 11 is 0. The average molecular weight is 445 g/mol. The molecule has 0 radical (unpaired) electrons. The van der Waals surface area contributed by atoms with Crippen LogP contribution in [0.5, 0.6) is 0 Å². The summed E-state index contributed by atoms with van der Waals surface area (Å²) in [5, 5.41) is 10.9. The standard InChI is InChI=1S/C31H56O/c1-5-23-12-17-30-22(4)27(19-26(30)18-23)20-31(7-3,21-29(32)6-2)28-15-13-25(14-16-28)24-10-8-9-11-24/h22-30,32H,5-21H2,1-4H3/t22-,23?,25?,26?,27?,28?,29+,30?,31+/m1/s1. The van der Waals surface area contributed by atoms with E-state index >= 15 is 0 Å². The Kier molecular flexibility index (Phi) is 8.72. The van der Waals surface area contributed by atoms with E-state index in [0.717, 1.165) is 60.2 Å². The minimum Gasteiger partial charge on any atom is -0.393 e. The number of aliphatic hydroxyl groups excluding tert-OH is 1. The fraction of sp³-hybridized carbons (Fsp3) is 1.00. The van der Waals surface area contributed by atoms with Gasteiger partial charge in [0.1, 0.15) is 0 Å². The Morgan fingerprint density at radius 1 is 0.812 bits per heavy atom. The molecular formula is C31H56O.